The lowest BCUT2D eigenvalue weighted by atomic mass is 10.1. The highest BCUT2D eigenvalue weighted by Crippen LogP contribution is 2.13. The SMILES string of the molecule is Cc1ccc(CNC(=O)CCn2cnc3sccc3c2=O)cc1F. The number of fused-ring (bicyclic) bond motifs is 1. The maximum absolute atomic E-state index is 13.5. The van der Waals surface area contributed by atoms with Gasteiger partial charge in [-0.25, -0.2) is 9.37 Å². The number of nitrogens with one attached hydrogen (secondary N) is 1. The lowest BCUT2D eigenvalue weighted by Gasteiger charge is -2.08. The molecule has 0 saturated heterocycles. The topological polar surface area (TPSA) is 64.0 Å². The first-order chi connectivity index (χ1) is 11.5. The van der Waals surface area contributed by atoms with Crippen molar-refractivity contribution >= 4 is 27.5 Å². The minimum absolute atomic E-state index is 0.144. The minimum atomic E-state index is -0.288. The van der Waals surface area contributed by atoms with E-state index in [1.165, 1.54) is 28.3 Å². The van der Waals surface area contributed by atoms with Crippen LogP contribution in [-0.4, -0.2) is 15.5 Å². The number of benzene rings is 1. The average molecular weight is 345 g/mol. The third-order valence-corrected chi connectivity index (χ3v) is 4.58. The van der Waals surface area contributed by atoms with Gasteiger partial charge in [0.25, 0.3) is 5.56 Å². The Kier molecular flexibility index (Phi) is 4.71. The Labute approximate surface area is 141 Å². The maximum atomic E-state index is 13.5. The number of hydrogen-bond acceptors (Lipinski definition) is 4. The normalized spacial score (nSPS) is 10.9. The molecule has 3 aromatic rings. The summed E-state index contributed by atoms with van der Waals surface area (Å²) in [6.07, 6.45) is 1.62. The van der Waals surface area contributed by atoms with Crippen LogP contribution in [0.2, 0.25) is 0 Å². The molecule has 0 bridgehead atoms. The first-order valence-electron chi connectivity index (χ1n) is 7.49. The molecule has 24 heavy (non-hydrogen) atoms. The predicted octanol–water partition coefficient (Wildman–Crippen LogP) is 2.61. The zero-order valence-electron chi connectivity index (χ0n) is 13.1. The number of rotatable bonds is 5. The van der Waals surface area contributed by atoms with Gasteiger partial charge in [0.1, 0.15) is 10.6 Å². The zero-order chi connectivity index (χ0) is 17.1. The fraction of sp³-hybridized carbons (Fsp3) is 0.235. The maximum Gasteiger partial charge on any atom is 0.262 e. The van der Waals surface area contributed by atoms with E-state index >= 15 is 0 Å². The minimum Gasteiger partial charge on any atom is -0.352 e. The van der Waals surface area contributed by atoms with Crippen LogP contribution in [0.4, 0.5) is 4.39 Å². The van der Waals surface area contributed by atoms with Gasteiger partial charge in [0, 0.05) is 19.5 Å². The summed E-state index contributed by atoms with van der Waals surface area (Å²) < 4.78 is 14.9. The number of aryl methyl sites for hydroxylation is 2. The van der Waals surface area contributed by atoms with Gasteiger partial charge >= 0.3 is 0 Å². The van der Waals surface area contributed by atoms with Gasteiger partial charge in [0.2, 0.25) is 5.91 Å². The summed E-state index contributed by atoms with van der Waals surface area (Å²) >= 11 is 1.41. The summed E-state index contributed by atoms with van der Waals surface area (Å²) in [5.74, 6) is -0.489. The number of halogens is 1. The Morgan fingerprint density at radius 2 is 2.21 bits per heavy atom. The second-order valence-corrected chi connectivity index (χ2v) is 6.39. The molecule has 0 atom stereocenters. The lowest BCUT2D eigenvalue weighted by molar-refractivity contribution is -0.121. The number of thiophene rings is 1. The van der Waals surface area contributed by atoms with Gasteiger partial charge in [-0.3, -0.25) is 14.2 Å². The molecule has 7 heteroatoms. The molecule has 0 aliphatic rings. The number of aromatic nitrogens is 2. The number of carbonyl (C=O) groups is 1. The molecule has 0 radical (unpaired) electrons. The van der Waals surface area contributed by atoms with E-state index in [2.05, 4.69) is 10.3 Å². The number of hydrogen-bond donors (Lipinski definition) is 1. The van der Waals surface area contributed by atoms with Gasteiger partial charge < -0.3 is 5.32 Å². The van der Waals surface area contributed by atoms with Crippen molar-refractivity contribution in [2.75, 3.05) is 0 Å². The van der Waals surface area contributed by atoms with Gasteiger partial charge in [-0.15, -0.1) is 11.3 Å². The molecule has 1 amide bonds. The van der Waals surface area contributed by atoms with Gasteiger partial charge in [0.05, 0.1) is 11.7 Å². The van der Waals surface area contributed by atoms with Crippen LogP contribution in [-0.2, 0) is 17.9 Å². The van der Waals surface area contributed by atoms with Gasteiger partial charge in [-0.05, 0) is 35.6 Å². The highest BCUT2D eigenvalue weighted by molar-refractivity contribution is 7.16. The Balaban J connectivity index is 1.57. The molecule has 0 fully saturated rings. The second-order valence-electron chi connectivity index (χ2n) is 5.49. The molecular formula is C17H16FN3O2S. The summed E-state index contributed by atoms with van der Waals surface area (Å²) in [6.45, 7) is 2.20. The van der Waals surface area contributed by atoms with Gasteiger partial charge in [-0.2, -0.15) is 0 Å². The van der Waals surface area contributed by atoms with Crippen LogP contribution in [0, 0.1) is 12.7 Å². The molecule has 0 saturated carbocycles. The van der Waals surface area contributed by atoms with Crippen LogP contribution in [0.5, 0.6) is 0 Å². The third-order valence-electron chi connectivity index (χ3n) is 3.76. The van der Waals surface area contributed by atoms with Gasteiger partial charge in [0.15, 0.2) is 0 Å². The van der Waals surface area contributed by atoms with Crippen LogP contribution >= 0.6 is 11.3 Å². The van der Waals surface area contributed by atoms with Crippen molar-refractivity contribution in [2.24, 2.45) is 0 Å². The van der Waals surface area contributed by atoms with E-state index < -0.39 is 0 Å². The summed E-state index contributed by atoms with van der Waals surface area (Å²) in [5, 5.41) is 5.11. The van der Waals surface area contributed by atoms with Crippen molar-refractivity contribution in [1.29, 1.82) is 0 Å². The molecule has 124 valence electrons. The Morgan fingerprint density at radius 1 is 1.38 bits per heavy atom. The highest BCUT2D eigenvalue weighted by Gasteiger charge is 2.08. The number of amides is 1. The third kappa shape index (κ3) is 3.51. The van der Waals surface area contributed by atoms with E-state index in [9.17, 15) is 14.0 Å². The second kappa shape index (κ2) is 6.92. The Morgan fingerprint density at radius 3 is 3.00 bits per heavy atom. The van der Waals surface area contributed by atoms with Crippen LogP contribution in [0.1, 0.15) is 17.5 Å². The number of nitrogens with zero attached hydrogens (tertiary/aromatic N) is 2. The molecule has 2 aromatic heterocycles. The van der Waals surface area contributed by atoms with Crippen molar-refractivity contribution in [3.05, 3.63) is 63.3 Å². The summed E-state index contributed by atoms with van der Waals surface area (Å²) in [4.78, 5) is 29.0. The van der Waals surface area contributed by atoms with E-state index in [0.717, 1.165) is 0 Å². The van der Waals surface area contributed by atoms with Gasteiger partial charge in [-0.1, -0.05) is 12.1 Å². The molecular weight excluding hydrogens is 329 g/mol. The van der Waals surface area contributed by atoms with Crippen LogP contribution < -0.4 is 10.9 Å². The highest BCUT2D eigenvalue weighted by atomic mass is 32.1. The van der Waals surface area contributed by atoms with E-state index in [0.29, 0.717) is 21.3 Å². The van der Waals surface area contributed by atoms with Crippen LogP contribution in [0.25, 0.3) is 10.2 Å². The molecule has 2 heterocycles. The van der Waals surface area contributed by atoms with Crippen LogP contribution in [0.3, 0.4) is 0 Å². The van der Waals surface area contributed by atoms with E-state index in [1.54, 1.807) is 25.1 Å². The molecule has 3 rings (SSSR count). The smallest absolute Gasteiger partial charge is 0.262 e. The fourth-order valence-corrected chi connectivity index (χ4v) is 3.03. The summed E-state index contributed by atoms with van der Waals surface area (Å²) in [6, 6.07) is 6.60. The molecule has 0 spiro atoms. The average Bonchev–Trinajstić information content (AvgIpc) is 3.05. The van der Waals surface area contributed by atoms with Crippen LogP contribution in [0.15, 0.2) is 40.8 Å². The molecule has 5 nitrogen and oxygen atoms in total. The molecule has 0 aliphatic carbocycles. The van der Waals surface area contributed by atoms with Crippen molar-refractivity contribution in [2.45, 2.75) is 26.4 Å². The summed E-state index contributed by atoms with van der Waals surface area (Å²) in [7, 11) is 0. The lowest BCUT2D eigenvalue weighted by Crippen LogP contribution is -2.27. The first-order valence-corrected chi connectivity index (χ1v) is 8.37. The Hall–Kier alpha value is -2.54. The van der Waals surface area contributed by atoms with Crippen molar-refractivity contribution < 1.29 is 9.18 Å². The number of carbonyl (C=O) groups excluding carboxylic acids is 1. The van der Waals surface area contributed by atoms with E-state index in [4.69, 9.17) is 0 Å². The Bertz CT molecular complexity index is 948. The molecule has 1 N–H and O–H groups in total. The van der Waals surface area contributed by atoms with Crippen molar-refractivity contribution in [1.82, 2.24) is 14.9 Å². The monoisotopic (exact) mass is 345 g/mol. The fourth-order valence-electron chi connectivity index (χ4n) is 2.31. The van der Waals surface area contributed by atoms with E-state index in [1.807, 2.05) is 5.38 Å². The van der Waals surface area contributed by atoms with Crippen molar-refractivity contribution in [3.8, 4) is 0 Å². The quantitative estimate of drug-likeness (QED) is 0.773. The molecule has 0 unspecified atom stereocenters. The predicted molar refractivity (Wildman–Crippen MR) is 91.5 cm³/mol. The zero-order valence-corrected chi connectivity index (χ0v) is 13.9. The summed E-state index contributed by atoms with van der Waals surface area (Å²) in [5.41, 5.74) is 1.13. The largest absolute Gasteiger partial charge is 0.352 e. The standard InChI is InChI=1S/C17H16FN3O2S/c1-11-2-3-12(8-14(11)18)9-19-15(22)4-6-21-10-20-16-13(17(21)23)5-7-24-16/h2-3,5,7-8,10H,4,6,9H2,1H3,(H,19,22). The molecule has 1 aromatic carbocycles. The first kappa shape index (κ1) is 16.3. The van der Waals surface area contributed by atoms with Crippen molar-refractivity contribution in [3.63, 3.8) is 0 Å². The van der Waals surface area contributed by atoms with E-state index in [-0.39, 0.29) is 36.8 Å². The molecule has 0 aliphatic heterocycles.